The summed E-state index contributed by atoms with van der Waals surface area (Å²) in [6, 6.07) is 0.0744. The molecule has 0 bridgehead atoms. The lowest BCUT2D eigenvalue weighted by Crippen LogP contribution is -2.39. The first-order chi connectivity index (χ1) is 7.77. The van der Waals surface area contributed by atoms with Crippen LogP contribution in [0.25, 0.3) is 0 Å². The van der Waals surface area contributed by atoms with E-state index in [9.17, 15) is 9.59 Å². The van der Waals surface area contributed by atoms with Crippen molar-refractivity contribution in [3.63, 3.8) is 0 Å². The third-order valence-corrected chi connectivity index (χ3v) is 3.75. The number of carbonyl (C=O) groups is 2. The van der Waals surface area contributed by atoms with E-state index in [0.29, 0.717) is 0 Å². The van der Waals surface area contributed by atoms with Gasteiger partial charge < -0.3 is 0 Å². The van der Waals surface area contributed by atoms with Gasteiger partial charge in [0.15, 0.2) is 0 Å². The smallest absolute Gasteiger partial charge is 0.254 e. The Morgan fingerprint density at radius 2 is 1.81 bits per heavy atom. The van der Waals surface area contributed by atoms with E-state index in [-0.39, 0.29) is 17.9 Å². The molecule has 3 aliphatic rings. The van der Waals surface area contributed by atoms with Gasteiger partial charge in [-0.2, -0.15) is 0 Å². The Labute approximate surface area is 94.8 Å². The van der Waals surface area contributed by atoms with Crippen LogP contribution in [-0.2, 0) is 9.59 Å². The van der Waals surface area contributed by atoms with Gasteiger partial charge in [-0.05, 0) is 31.3 Å². The molecular formula is C13H15NO2. The molecule has 0 radical (unpaired) electrons. The van der Waals surface area contributed by atoms with Crippen LogP contribution in [0.1, 0.15) is 38.5 Å². The summed E-state index contributed by atoms with van der Waals surface area (Å²) in [7, 11) is 0. The fraction of sp³-hybridized carbons (Fsp3) is 0.538. The topological polar surface area (TPSA) is 37.4 Å². The van der Waals surface area contributed by atoms with Crippen molar-refractivity contribution in [2.45, 2.75) is 44.6 Å². The van der Waals surface area contributed by atoms with Gasteiger partial charge in [-0.25, -0.2) is 0 Å². The molecule has 0 saturated carbocycles. The number of nitrogens with zero attached hydrogens (tertiary/aromatic N) is 1. The third kappa shape index (κ3) is 1.51. The summed E-state index contributed by atoms with van der Waals surface area (Å²) in [6.07, 6.45) is 9.59. The molecule has 0 spiro atoms. The molecule has 16 heavy (non-hydrogen) atoms. The molecule has 0 aromatic rings. The highest BCUT2D eigenvalue weighted by Gasteiger charge is 2.39. The molecule has 2 aliphatic carbocycles. The van der Waals surface area contributed by atoms with Crippen LogP contribution in [0.5, 0.6) is 0 Å². The second kappa shape index (κ2) is 3.58. The van der Waals surface area contributed by atoms with E-state index >= 15 is 0 Å². The van der Waals surface area contributed by atoms with Gasteiger partial charge in [-0.1, -0.05) is 18.4 Å². The number of imide groups is 1. The summed E-state index contributed by atoms with van der Waals surface area (Å²) in [5.74, 6) is -0.261. The van der Waals surface area contributed by atoms with Crippen LogP contribution >= 0.6 is 0 Å². The minimum Gasteiger partial charge on any atom is -0.269 e. The normalized spacial score (nSPS) is 29.2. The van der Waals surface area contributed by atoms with Crippen LogP contribution in [0.4, 0.5) is 0 Å². The molecule has 3 rings (SSSR count). The first kappa shape index (κ1) is 9.82. The molecular weight excluding hydrogens is 202 g/mol. The largest absolute Gasteiger partial charge is 0.269 e. The average Bonchev–Trinajstić information content (AvgIpc) is 2.90. The average molecular weight is 217 g/mol. The second-order valence-electron chi connectivity index (χ2n) is 4.80. The molecule has 1 aliphatic heterocycles. The minimum absolute atomic E-state index is 0.0744. The second-order valence-corrected chi connectivity index (χ2v) is 4.80. The van der Waals surface area contributed by atoms with E-state index in [1.54, 1.807) is 0 Å². The fourth-order valence-corrected chi connectivity index (χ4v) is 2.82. The Balaban J connectivity index is 1.85. The summed E-state index contributed by atoms with van der Waals surface area (Å²) < 4.78 is 0. The van der Waals surface area contributed by atoms with Crippen LogP contribution in [0.2, 0.25) is 0 Å². The maximum Gasteiger partial charge on any atom is 0.254 e. The monoisotopic (exact) mass is 217 g/mol. The van der Waals surface area contributed by atoms with Crippen molar-refractivity contribution >= 4 is 11.8 Å². The Morgan fingerprint density at radius 1 is 1.06 bits per heavy atom. The molecule has 0 N–H and O–H groups in total. The number of hydrogen-bond acceptors (Lipinski definition) is 2. The Bertz CT molecular complexity index is 402. The number of allylic oxidation sites excluding steroid dienone is 1. The minimum atomic E-state index is -0.130. The number of rotatable bonds is 1. The van der Waals surface area contributed by atoms with Crippen molar-refractivity contribution in [1.82, 2.24) is 4.90 Å². The van der Waals surface area contributed by atoms with Crippen LogP contribution in [-0.4, -0.2) is 22.8 Å². The summed E-state index contributed by atoms with van der Waals surface area (Å²) in [5, 5.41) is 0. The first-order valence-electron chi connectivity index (χ1n) is 6.03. The third-order valence-electron chi connectivity index (χ3n) is 3.75. The van der Waals surface area contributed by atoms with Gasteiger partial charge >= 0.3 is 0 Å². The standard InChI is InChI=1S/C13H15NO2/c15-12-6-7-13(16)14(12)11-5-3-1-2-4-9-8-10(9)11/h6-7,11H,1-5,8H2. The van der Waals surface area contributed by atoms with Gasteiger partial charge in [0.2, 0.25) is 0 Å². The van der Waals surface area contributed by atoms with Crippen LogP contribution in [0.3, 0.4) is 0 Å². The molecule has 1 atom stereocenters. The molecule has 0 saturated heterocycles. The van der Waals surface area contributed by atoms with E-state index < -0.39 is 0 Å². The number of carbonyl (C=O) groups excluding carboxylic acids is 2. The van der Waals surface area contributed by atoms with Gasteiger partial charge in [0.25, 0.3) is 11.8 Å². The molecule has 2 amide bonds. The van der Waals surface area contributed by atoms with Gasteiger partial charge in [-0.15, -0.1) is 0 Å². The zero-order valence-electron chi connectivity index (χ0n) is 9.24. The Morgan fingerprint density at radius 3 is 2.56 bits per heavy atom. The highest BCUT2D eigenvalue weighted by atomic mass is 16.2. The zero-order valence-corrected chi connectivity index (χ0v) is 9.24. The maximum absolute atomic E-state index is 11.6. The van der Waals surface area contributed by atoms with Gasteiger partial charge in [-0.3, -0.25) is 14.5 Å². The fourth-order valence-electron chi connectivity index (χ4n) is 2.82. The summed E-state index contributed by atoms with van der Waals surface area (Å²) in [4.78, 5) is 24.7. The quantitative estimate of drug-likeness (QED) is 0.497. The predicted molar refractivity (Wildman–Crippen MR) is 59.5 cm³/mol. The molecule has 3 nitrogen and oxygen atoms in total. The summed E-state index contributed by atoms with van der Waals surface area (Å²) in [5.41, 5.74) is 2.86. The molecule has 0 aromatic carbocycles. The van der Waals surface area contributed by atoms with E-state index in [2.05, 4.69) is 0 Å². The van der Waals surface area contributed by atoms with Crippen molar-refractivity contribution in [2.24, 2.45) is 0 Å². The van der Waals surface area contributed by atoms with Crippen molar-refractivity contribution in [1.29, 1.82) is 0 Å². The van der Waals surface area contributed by atoms with Crippen molar-refractivity contribution in [3.8, 4) is 0 Å². The molecule has 0 aromatic heterocycles. The zero-order chi connectivity index (χ0) is 11.1. The van der Waals surface area contributed by atoms with Gasteiger partial charge in [0.05, 0.1) is 6.04 Å². The Kier molecular flexibility index (Phi) is 2.20. The van der Waals surface area contributed by atoms with Crippen LogP contribution < -0.4 is 0 Å². The number of amides is 2. The maximum atomic E-state index is 11.6. The molecule has 1 unspecified atom stereocenters. The van der Waals surface area contributed by atoms with E-state index in [1.165, 1.54) is 47.5 Å². The van der Waals surface area contributed by atoms with E-state index in [0.717, 1.165) is 19.3 Å². The molecule has 84 valence electrons. The predicted octanol–water partition coefficient (Wildman–Crippen LogP) is 1.94. The van der Waals surface area contributed by atoms with E-state index in [1.807, 2.05) is 0 Å². The van der Waals surface area contributed by atoms with Crippen molar-refractivity contribution < 1.29 is 9.59 Å². The highest BCUT2D eigenvalue weighted by molar-refractivity contribution is 6.13. The summed E-state index contributed by atoms with van der Waals surface area (Å²) in [6.45, 7) is 0. The Hall–Kier alpha value is -1.38. The molecule has 3 heteroatoms. The lowest BCUT2D eigenvalue weighted by atomic mass is 10.0. The summed E-state index contributed by atoms with van der Waals surface area (Å²) >= 11 is 0. The first-order valence-corrected chi connectivity index (χ1v) is 6.03. The van der Waals surface area contributed by atoms with Gasteiger partial charge in [0, 0.05) is 12.2 Å². The van der Waals surface area contributed by atoms with Crippen LogP contribution in [0, 0.1) is 0 Å². The highest BCUT2D eigenvalue weighted by Crippen LogP contribution is 2.43. The number of hydrogen-bond donors (Lipinski definition) is 0. The lowest BCUT2D eigenvalue weighted by molar-refractivity contribution is -0.138. The molecule has 0 fully saturated rings. The van der Waals surface area contributed by atoms with Crippen LogP contribution in [0.15, 0.2) is 23.3 Å². The van der Waals surface area contributed by atoms with Crippen molar-refractivity contribution in [3.05, 3.63) is 23.3 Å². The lowest BCUT2D eigenvalue weighted by Gasteiger charge is -2.25. The van der Waals surface area contributed by atoms with Gasteiger partial charge in [0.1, 0.15) is 0 Å². The van der Waals surface area contributed by atoms with Crippen molar-refractivity contribution in [2.75, 3.05) is 0 Å². The SMILES string of the molecule is O=C1C=CC(=O)N1C1CCCCCC2=C1C2. The van der Waals surface area contributed by atoms with E-state index in [4.69, 9.17) is 0 Å². The molecule has 1 heterocycles.